The fourth-order valence-corrected chi connectivity index (χ4v) is 3.22. The minimum atomic E-state index is 0. The summed E-state index contributed by atoms with van der Waals surface area (Å²) in [7, 11) is 2.11. The van der Waals surface area contributed by atoms with Crippen molar-refractivity contribution >= 4 is 21.8 Å². The minimum absolute atomic E-state index is 0. The van der Waals surface area contributed by atoms with Gasteiger partial charge in [0.15, 0.2) is 0 Å². The molecular formula is C23H18IN. The predicted octanol–water partition coefficient (Wildman–Crippen LogP) is 1.53. The number of para-hydroxylation sites is 2. The Hall–Kier alpha value is -2.38. The summed E-state index contributed by atoms with van der Waals surface area (Å²) in [5.41, 5.74) is 5.78. The smallest absolute Gasteiger partial charge is 0.214 e. The highest BCUT2D eigenvalue weighted by Crippen LogP contribution is 2.23. The normalized spacial score (nSPS) is 10.2. The number of pyridine rings is 1. The van der Waals surface area contributed by atoms with Gasteiger partial charge in [0, 0.05) is 17.7 Å². The summed E-state index contributed by atoms with van der Waals surface area (Å²) in [6.07, 6.45) is 0. The molecule has 1 aromatic heterocycles. The van der Waals surface area contributed by atoms with Gasteiger partial charge < -0.3 is 24.0 Å². The number of hydrogen-bond donors (Lipinski definition) is 0. The van der Waals surface area contributed by atoms with E-state index in [1.165, 1.54) is 27.4 Å². The third kappa shape index (κ3) is 3.25. The topological polar surface area (TPSA) is 3.88 Å². The standard InChI is InChI=1S/C23H18N.HI/c1-17-8-7-9-18(16-17)14-15-19-20-10-3-5-12-22(20)24(2)23-13-6-4-11-21(19)23;/h3-13,16H,1-2H3;1H/q+1;/p-1. The predicted molar refractivity (Wildman–Crippen MR) is 99.8 cm³/mol. The van der Waals surface area contributed by atoms with Crippen molar-refractivity contribution in [2.24, 2.45) is 7.05 Å². The molecule has 0 amide bonds. The molecule has 0 saturated carbocycles. The first-order valence-electron chi connectivity index (χ1n) is 8.12. The molecule has 0 saturated heterocycles. The monoisotopic (exact) mass is 435 g/mol. The second kappa shape index (κ2) is 7.25. The fraction of sp³-hybridized carbons (Fsp3) is 0.0870. The maximum Gasteiger partial charge on any atom is 0.214 e. The molecule has 3 aromatic carbocycles. The Morgan fingerprint density at radius 2 is 1.32 bits per heavy atom. The van der Waals surface area contributed by atoms with Crippen molar-refractivity contribution in [2.75, 3.05) is 0 Å². The molecule has 0 bridgehead atoms. The molecule has 0 aliphatic rings. The molecule has 4 rings (SSSR count). The maximum absolute atomic E-state index is 3.44. The summed E-state index contributed by atoms with van der Waals surface area (Å²) in [6, 6.07) is 25.3. The van der Waals surface area contributed by atoms with E-state index in [0.717, 1.165) is 11.1 Å². The van der Waals surface area contributed by atoms with Crippen LogP contribution in [0.3, 0.4) is 0 Å². The minimum Gasteiger partial charge on any atom is -1.00 e. The van der Waals surface area contributed by atoms with Crippen molar-refractivity contribution in [3.05, 3.63) is 89.5 Å². The zero-order valence-corrected chi connectivity index (χ0v) is 16.4. The molecule has 122 valence electrons. The van der Waals surface area contributed by atoms with Gasteiger partial charge in [0.1, 0.15) is 7.05 Å². The Kier molecular flexibility index (Phi) is 5.06. The summed E-state index contributed by atoms with van der Waals surface area (Å²) >= 11 is 0. The van der Waals surface area contributed by atoms with Crippen molar-refractivity contribution in [1.29, 1.82) is 0 Å². The quantitative estimate of drug-likeness (QED) is 0.171. The van der Waals surface area contributed by atoms with E-state index >= 15 is 0 Å². The molecule has 25 heavy (non-hydrogen) atoms. The second-order valence-electron chi connectivity index (χ2n) is 6.09. The van der Waals surface area contributed by atoms with Gasteiger partial charge in [-0.25, -0.2) is 0 Å². The number of fused-ring (bicyclic) bond motifs is 2. The first-order valence-corrected chi connectivity index (χ1v) is 8.12. The van der Waals surface area contributed by atoms with Gasteiger partial charge in [-0.3, -0.25) is 0 Å². The van der Waals surface area contributed by atoms with Crippen LogP contribution in [0.4, 0.5) is 0 Å². The molecule has 0 aliphatic carbocycles. The van der Waals surface area contributed by atoms with Crippen LogP contribution < -0.4 is 28.5 Å². The summed E-state index contributed by atoms with van der Waals surface area (Å²) in [5.74, 6) is 6.78. The molecule has 4 aromatic rings. The third-order valence-electron chi connectivity index (χ3n) is 4.42. The van der Waals surface area contributed by atoms with Crippen LogP contribution in [0.15, 0.2) is 72.8 Å². The first-order chi connectivity index (χ1) is 11.7. The van der Waals surface area contributed by atoms with Crippen LogP contribution in [0.25, 0.3) is 21.8 Å². The van der Waals surface area contributed by atoms with Crippen molar-refractivity contribution in [3.8, 4) is 11.8 Å². The van der Waals surface area contributed by atoms with Crippen LogP contribution in [0.5, 0.6) is 0 Å². The lowest BCUT2D eigenvalue weighted by Crippen LogP contribution is -3.00. The number of halogens is 1. The Labute approximate surface area is 165 Å². The molecule has 0 aliphatic heterocycles. The van der Waals surface area contributed by atoms with E-state index in [2.05, 4.69) is 103 Å². The van der Waals surface area contributed by atoms with Gasteiger partial charge in [0.05, 0.1) is 16.3 Å². The molecule has 0 spiro atoms. The summed E-state index contributed by atoms with van der Waals surface area (Å²) in [6.45, 7) is 2.10. The summed E-state index contributed by atoms with van der Waals surface area (Å²) < 4.78 is 2.24. The number of nitrogens with zero attached hydrogens (tertiary/aromatic N) is 1. The summed E-state index contributed by atoms with van der Waals surface area (Å²) in [5, 5.41) is 2.39. The van der Waals surface area contributed by atoms with Crippen molar-refractivity contribution in [3.63, 3.8) is 0 Å². The lowest BCUT2D eigenvalue weighted by Gasteiger charge is -2.05. The highest BCUT2D eigenvalue weighted by molar-refractivity contribution is 5.97. The maximum atomic E-state index is 3.44. The second-order valence-corrected chi connectivity index (χ2v) is 6.09. The number of benzene rings is 3. The van der Waals surface area contributed by atoms with Crippen molar-refractivity contribution in [2.45, 2.75) is 6.92 Å². The molecule has 0 N–H and O–H groups in total. The van der Waals surface area contributed by atoms with E-state index in [1.807, 2.05) is 0 Å². The molecule has 2 heteroatoms. The number of aryl methyl sites for hydroxylation is 2. The van der Waals surface area contributed by atoms with E-state index in [1.54, 1.807) is 0 Å². The molecular weight excluding hydrogens is 417 g/mol. The molecule has 0 unspecified atom stereocenters. The highest BCUT2D eigenvalue weighted by Gasteiger charge is 2.15. The Balaban J connectivity index is 0.00000182. The van der Waals surface area contributed by atoms with Crippen LogP contribution >= 0.6 is 0 Å². The Bertz CT molecular complexity index is 1080. The summed E-state index contributed by atoms with van der Waals surface area (Å²) in [4.78, 5) is 0. The first kappa shape index (κ1) is 17.4. The van der Waals surface area contributed by atoms with Gasteiger partial charge in [0.2, 0.25) is 11.0 Å². The Morgan fingerprint density at radius 1 is 0.720 bits per heavy atom. The molecule has 0 radical (unpaired) electrons. The van der Waals surface area contributed by atoms with Gasteiger partial charge in [-0.15, -0.1) is 0 Å². The lowest BCUT2D eigenvalue weighted by molar-refractivity contribution is -0.617. The van der Waals surface area contributed by atoms with E-state index in [0.29, 0.717) is 0 Å². The molecule has 0 atom stereocenters. The zero-order valence-electron chi connectivity index (χ0n) is 14.3. The molecule has 1 nitrogen and oxygen atoms in total. The van der Waals surface area contributed by atoms with Crippen LogP contribution in [0.2, 0.25) is 0 Å². The average molecular weight is 435 g/mol. The van der Waals surface area contributed by atoms with Gasteiger partial charge in [0.25, 0.3) is 0 Å². The van der Waals surface area contributed by atoms with Crippen molar-refractivity contribution < 1.29 is 28.5 Å². The van der Waals surface area contributed by atoms with Crippen LogP contribution in [-0.2, 0) is 7.05 Å². The number of rotatable bonds is 0. The average Bonchev–Trinajstić information content (AvgIpc) is 2.62. The number of aromatic nitrogens is 1. The highest BCUT2D eigenvalue weighted by atomic mass is 127. The van der Waals surface area contributed by atoms with Gasteiger partial charge >= 0.3 is 0 Å². The molecule has 1 heterocycles. The van der Waals surface area contributed by atoms with Crippen LogP contribution in [0.1, 0.15) is 16.7 Å². The van der Waals surface area contributed by atoms with Crippen LogP contribution in [0, 0.1) is 18.8 Å². The van der Waals surface area contributed by atoms with Gasteiger partial charge in [-0.05, 0) is 36.8 Å². The SMILES string of the molecule is Cc1cccc(C#Cc2c3ccccc3[n+](C)c3ccccc23)c1.[I-]. The lowest BCUT2D eigenvalue weighted by atomic mass is 10.0. The van der Waals surface area contributed by atoms with E-state index < -0.39 is 0 Å². The van der Waals surface area contributed by atoms with Crippen LogP contribution in [-0.4, -0.2) is 0 Å². The fourth-order valence-electron chi connectivity index (χ4n) is 3.22. The van der Waals surface area contributed by atoms with E-state index in [9.17, 15) is 0 Å². The van der Waals surface area contributed by atoms with E-state index in [4.69, 9.17) is 0 Å². The third-order valence-corrected chi connectivity index (χ3v) is 4.42. The van der Waals surface area contributed by atoms with E-state index in [-0.39, 0.29) is 24.0 Å². The van der Waals surface area contributed by atoms with Crippen molar-refractivity contribution in [1.82, 2.24) is 0 Å². The molecule has 0 fully saturated rings. The van der Waals surface area contributed by atoms with Gasteiger partial charge in [-0.2, -0.15) is 4.57 Å². The van der Waals surface area contributed by atoms with Gasteiger partial charge in [-0.1, -0.05) is 48.2 Å². The zero-order chi connectivity index (χ0) is 16.5. The largest absolute Gasteiger partial charge is 1.00 e. The number of hydrogen-bond acceptors (Lipinski definition) is 0. The Morgan fingerprint density at radius 3 is 1.92 bits per heavy atom.